The Labute approximate surface area is 194 Å². The molecule has 0 radical (unpaired) electrons. The molecule has 1 aliphatic carbocycles. The number of aliphatic hydroxyl groups excluding tert-OH is 1. The van der Waals surface area contributed by atoms with Crippen LogP contribution in [-0.2, 0) is 13.0 Å². The molecular formula is C26H32N4O3. The highest BCUT2D eigenvalue weighted by Gasteiger charge is 2.18. The molecule has 1 heterocycles. The predicted molar refractivity (Wildman–Crippen MR) is 129 cm³/mol. The molecule has 7 nitrogen and oxygen atoms in total. The molecule has 174 valence electrons. The third-order valence-corrected chi connectivity index (χ3v) is 5.89. The number of amides is 2. The molecule has 0 unspecified atom stereocenters. The maximum absolute atomic E-state index is 12.8. The SMILES string of the molecule is CCc1cc(-c2cn[nH]c2)ccc1C(=O)NCc1cccc(C(=O)NC2CCCC2)c1.CO. The number of nitrogens with one attached hydrogen (secondary N) is 3. The molecule has 0 aliphatic heterocycles. The van der Waals surface area contributed by atoms with Crippen LogP contribution < -0.4 is 10.6 Å². The lowest BCUT2D eigenvalue weighted by Crippen LogP contribution is -2.32. The first kappa shape index (κ1) is 24.2. The summed E-state index contributed by atoms with van der Waals surface area (Å²) >= 11 is 0. The van der Waals surface area contributed by atoms with Crippen LogP contribution in [0.1, 0.15) is 64.4 Å². The van der Waals surface area contributed by atoms with Gasteiger partial charge in [-0.25, -0.2) is 0 Å². The van der Waals surface area contributed by atoms with Crippen LogP contribution >= 0.6 is 0 Å². The fourth-order valence-electron chi connectivity index (χ4n) is 4.14. The Kier molecular flexibility index (Phi) is 8.78. The Balaban J connectivity index is 0.00000149. The van der Waals surface area contributed by atoms with Crippen molar-refractivity contribution in [1.82, 2.24) is 20.8 Å². The van der Waals surface area contributed by atoms with E-state index < -0.39 is 0 Å². The molecule has 2 amide bonds. The largest absolute Gasteiger partial charge is 0.400 e. The Morgan fingerprint density at radius 2 is 1.85 bits per heavy atom. The number of benzene rings is 2. The van der Waals surface area contributed by atoms with E-state index in [9.17, 15) is 9.59 Å². The molecule has 2 aromatic carbocycles. The number of carbonyl (C=O) groups is 2. The summed E-state index contributed by atoms with van der Waals surface area (Å²) in [5, 5.41) is 19.9. The summed E-state index contributed by atoms with van der Waals surface area (Å²) in [6, 6.07) is 13.6. The van der Waals surface area contributed by atoms with Crippen molar-refractivity contribution >= 4 is 11.8 Å². The number of hydrogen-bond acceptors (Lipinski definition) is 4. The zero-order valence-electron chi connectivity index (χ0n) is 19.2. The van der Waals surface area contributed by atoms with Crippen LogP contribution in [0.15, 0.2) is 54.9 Å². The van der Waals surface area contributed by atoms with Crippen LogP contribution in [0.2, 0.25) is 0 Å². The van der Waals surface area contributed by atoms with Crippen LogP contribution in [0, 0.1) is 0 Å². The van der Waals surface area contributed by atoms with Gasteiger partial charge < -0.3 is 15.7 Å². The molecule has 4 rings (SSSR count). The Hall–Kier alpha value is -3.45. The van der Waals surface area contributed by atoms with Crippen molar-refractivity contribution in [3.8, 4) is 11.1 Å². The Morgan fingerprint density at radius 3 is 2.55 bits per heavy atom. The second-order valence-electron chi connectivity index (χ2n) is 8.05. The number of aryl methyl sites for hydroxylation is 1. The monoisotopic (exact) mass is 448 g/mol. The second kappa shape index (κ2) is 12.0. The van der Waals surface area contributed by atoms with Gasteiger partial charge in [0.15, 0.2) is 0 Å². The van der Waals surface area contributed by atoms with Gasteiger partial charge in [0.1, 0.15) is 0 Å². The van der Waals surface area contributed by atoms with Crippen LogP contribution in [0.3, 0.4) is 0 Å². The molecule has 1 fully saturated rings. The summed E-state index contributed by atoms with van der Waals surface area (Å²) in [6.07, 6.45) is 8.83. The minimum Gasteiger partial charge on any atom is -0.400 e. The van der Waals surface area contributed by atoms with E-state index >= 15 is 0 Å². The van der Waals surface area contributed by atoms with E-state index in [1.54, 1.807) is 6.20 Å². The maximum atomic E-state index is 12.8. The normalized spacial score (nSPS) is 13.2. The fourth-order valence-corrected chi connectivity index (χ4v) is 4.14. The number of H-pyrrole nitrogens is 1. The van der Waals surface area contributed by atoms with Crippen LogP contribution in [-0.4, -0.2) is 40.3 Å². The van der Waals surface area contributed by atoms with Crippen molar-refractivity contribution in [3.05, 3.63) is 77.1 Å². The highest BCUT2D eigenvalue weighted by molar-refractivity contribution is 5.96. The molecular weight excluding hydrogens is 416 g/mol. The third kappa shape index (κ3) is 6.29. The van der Waals surface area contributed by atoms with Crippen molar-refractivity contribution in [2.45, 2.75) is 51.6 Å². The van der Waals surface area contributed by atoms with E-state index in [0.717, 1.165) is 48.6 Å². The van der Waals surface area contributed by atoms with Crippen molar-refractivity contribution in [3.63, 3.8) is 0 Å². The molecule has 0 atom stereocenters. The van der Waals surface area contributed by atoms with Gasteiger partial charge in [-0.1, -0.05) is 44.0 Å². The lowest BCUT2D eigenvalue weighted by Gasteiger charge is -2.13. The molecule has 33 heavy (non-hydrogen) atoms. The second-order valence-corrected chi connectivity index (χ2v) is 8.05. The van der Waals surface area contributed by atoms with E-state index in [0.29, 0.717) is 17.7 Å². The highest BCUT2D eigenvalue weighted by atomic mass is 16.2. The summed E-state index contributed by atoms with van der Waals surface area (Å²) in [5.41, 5.74) is 5.22. The topological polar surface area (TPSA) is 107 Å². The van der Waals surface area contributed by atoms with Crippen LogP contribution in [0.4, 0.5) is 0 Å². The molecule has 0 saturated heterocycles. The molecule has 4 N–H and O–H groups in total. The van der Waals surface area contributed by atoms with Crippen molar-refractivity contribution in [2.24, 2.45) is 0 Å². The molecule has 3 aromatic rings. The van der Waals surface area contributed by atoms with E-state index in [1.807, 2.05) is 55.6 Å². The summed E-state index contributed by atoms with van der Waals surface area (Å²) in [7, 11) is 1.00. The Bertz CT molecular complexity index is 1060. The van der Waals surface area contributed by atoms with Gasteiger partial charge in [-0.05, 0) is 54.2 Å². The molecule has 1 saturated carbocycles. The van der Waals surface area contributed by atoms with Gasteiger partial charge in [0.25, 0.3) is 11.8 Å². The number of nitrogens with zero attached hydrogens (tertiary/aromatic N) is 1. The first-order chi connectivity index (χ1) is 16.1. The lowest BCUT2D eigenvalue weighted by atomic mass is 9.98. The summed E-state index contributed by atoms with van der Waals surface area (Å²) in [6.45, 7) is 2.41. The summed E-state index contributed by atoms with van der Waals surface area (Å²) < 4.78 is 0. The number of aliphatic hydroxyl groups is 1. The quantitative estimate of drug-likeness (QED) is 0.440. The van der Waals surface area contributed by atoms with E-state index in [1.165, 1.54) is 12.8 Å². The van der Waals surface area contributed by atoms with Gasteiger partial charge in [0.2, 0.25) is 0 Å². The van der Waals surface area contributed by atoms with Crippen molar-refractivity contribution in [2.75, 3.05) is 7.11 Å². The summed E-state index contributed by atoms with van der Waals surface area (Å²) in [5.74, 6) is -0.153. The third-order valence-electron chi connectivity index (χ3n) is 5.89. The molecule has 1 aromatic heterocycles. The predicted octanol–water partition coefficient (Wildman–Crippen LogP) is 3.85. The standard InChI is InChI=1S/C25H28N4O2.CH4O/c1-2-18-13-19(21-15-27-28-16-21)10-11-23(18)25(31)26-14-17-6-5-7-20(12-17)24(30)29-22-8-3-4-9-22;1-2/h5-7,10-13,15-16,22H,2-4,8-9,14H2,1H3,(H,26,31)(H,27,28)(H,29,30);2H,1H3. The minimum absolute atomic E-state index is 0.0387. The molecule has 0 spiro atoms. The van der Waals surface area contributed by atoms with Crippen LogP contribution in [0.25, 0.3) is 11.1 Å². The van der Waals surface area contributed by atoms with E-state index in [-0.39, 0.29) is 17.9 Å². The zero-order chi connectivity index (χ0) is 23.6. The van der Waals surface area contributed by atoms with Gasteiger partial charge in [0, 0.05) is 42.6 Å². The molecule has 7 heteroatoms. The number of rotatable bonds is 7. The molecule has 1 aliphatic rings. The Morgan fingerprint density at radius 1 is 1.06 bits per heavy atom. The van der Waals surface area contributed by atoms with Gasteiger partial charge in [-0.2, -0.15) is 5.10 Å². The molecule has 0 bridgehead atoms. The first-order valence-corrected chi connectivity index (χ1v) is 11.4. The lowest BCUT2D eigenvalue weighted by molar-refractivity contribution is 0.0935. The smallest absolute Gasteiger partial charge is 0.251 e. The highest BCUT2D eigenvalue weighted by Crippen LogP contribution is 2.22. The van der Waals surface area contributed by atoms with Gasteiger partial charge in [0.05, 0.1) is 6.20 Å². The van der Waals surface area contributed by atoms with Gasteiger partial charge in [-0.3, -0.25) is 14.7 Å². The average Bonchev–Trinajstić information content (AvgIpc) is 3.58. The van der Waals surface area contributed by atoms with Crippen molar-refractivity contribution < 1.29 is 14.7 Å². The van der Waals surface area contributed by atoms with E-state index in [4.69, 9.17) is 5.11 Å². The maximum Gasteiger partial charge on any atom is 0.251 e. The fraction of sp³-hybridized carbons (Fsp3) is 0.346. The number of aromatic nitrogens is 2. The van der Waals surface area contributed by atoms with Crippen LogP contribution in [0.5, 0.6) is 0 Å². The number of aromatic amines is 1. The number of carbonyl (C=O) groups excluding carboxylic acids is 2. The number of hydrogen-bond donors (Lipinski definition) is 4. The average molecular weight is 449 g/mol. The minimum atomic E-state index is -0.114. The van der Waals surface area contributed by atoms with E-state index in [2.05, 4.69) is 20.8 Å². The van der Waals surface area contributed by atoms with Gasteiger partial charge in [-0.15, -0.1) is 0 Å². The summed E-state index contributed by atoms with van der Waals surface area (Å²) in [4.78, 5) is 25.4. The van der Waals surface area contributed by atoms with Gasteiger partial charge >= 0.3 is 0 Å². The van der Waals surface area contributed by atoms with Crippen molar-refractivity contribution in [1.29, 1.82) is 0 Å². The zero-order valence-corrected chi connectivity index (χ0v) is 19.2. The first-order valence-electron chi connectivity index (χ1n) is 11.4.